The van der Waals surface area contributed by atoms with Gasteiger partial charge in [-0.15, -0.1) is 0 Å². The Morgan fingerprint density at radius 2 is 1.75 bits per heavy atom. The highest BCUT2D eigenvalue weighted by Crippen LogP contribution is 2.13. The van der Waals surface area contributed by atoms with Crippen molar-refractivity contribution >= 4 is 29.1 Å². The standard InChI is InChI=1S/C18H19ClN2O3/c1-21(13-17(22)20-15-9-7-14(19)8-10-15)18(23)11-12-24-16-5-3-2-4-6-16/h2-10H,11-13H2,1H3,(H,20,22). The molecule has 2 aromatic carbocycles. The molecule has 2 amide bonds. The Morgan fingerprint density at radius 3 is 2.42 bits per heavy atom. The van der Waals surface area contributed by atoms with E-state index in [2.05, 4.69) is 5.32 Å². The van der Waals surface area contributed by atoms with Gasteiger partial charge in [-0.1, -0.05) is 29.8 Å². The van der Waals surface area contributed by atoms with Crippen LogP contribution in [-0.4, -0.2) is 36.9 Å². The molecule has 0 aromatic heterocycles. The molecule has 0 aliphatic heterocycles. The van der Waals surface area contributed by atoms with E-state index >= 15 is 0 Å². The molecule has 0 unspecified atom stereocenters. The molecule has 0 saturated heterocycles. The number of rotatable bonds is 7. The Balaban J connectivity index is 1.72. The van der Waals surface area contributed by atoms with Gasteiger partial charge in [0.15, 0.2) is 0 Å². The van der Waals surface area contributed by atoms with Crippen molar-refractivity contribution in [1.82, 2.24) is 4.90 Å². The first-order valence-corrected chi connectivity index (χ1v) is 7.89. The quantitative estimate of drug-likeness (QED) is 0.837. The minimum atomic E-state index is -0.267. The summed E-state index contributed by atoms with van der Waals surface area (Å²) < 4.78 is 5.48. The molecule has 0 radical (unpaired) electrons. The van der Waals surface area contributed by atoms with Gasteiger partial charge in [-0.2, -0.15) is 0 Å². The second kappa shape index (κ2) is 8.93. The van der Waals surface area contributed by atoms with Crippen molar-refractivity contribution in [2.75, 3.05) is 25.5 Å². The molecule has 0 atom stereocenters. The van der Waals surface area contributed by atoms with Crippen molar-refractivity contribution in [3.63, 3.8) is 0 Å². The molecule has 1 N–H and O–H groups in total. The number of para-hydroxylation sites is 1. The summed E-state index contributed by atoms with van der Waals surface area (Å²) in [5.74, 6) is 0.294. The van der Waals surface area contributed by atoms with Crippen LogP contribution in [0.4, 0.5) is 5.69 Å². The fraction of sp³-hybridized carbons (Fsp3) is 0.222. The van der Waals surface area contributed by atoms with E-state index in [0.717, 1.165) is 0 Å². The zero-order valence-corrected chi connectivity index (χ0v) is 14.1. The number of halogens is 1. The zero-order valence-electron chi connectivity index (χ0n) is 13.4. The highest BCUT2D eigenvalue weighted by atomic mass is 35.5. The number of benzene rings is 2. The first-order chi connectivity index (χ1) is 11.5. The molecule has 0 saturated carbocycles. The van der Waals surface area contributed by atoms with E-state index in [0.29, 0.717) is 16.5 Å². The second-order valence-electron chi connectivity index (χ2n) is 5.22. The minimum Gasteiger partial charge on any atom is -0.493 e. The SMILES string of the molecule is CN(CC(=O)Nc1ccc(Cl)cc1)C(=O)CCOc1ccccc1. The van der Waals surface area contributed by atoms with E-state index in [-0.39, 0.29) is 31.4 Å². The van der Waals surface area contributed by atoms with Crippen LogP contribution in [0.15, 0.2) is 54.6 Å². The lowest BCUT2D eigenvalue weighted by molar-refractivity contribution is -0.133. The van der Waals surface area contributed by atoms with Crippen molar-refractivity contribution in [2.45, 2.75) is 6.42 Å². The molecular weight excluding hydrogens is 328 g/mol. The summed E-state index contributed by atoms with van der Waals surface area (Å²) in [6.07, 6.45) is 0.208. The Morgan fingerprint density at radius 1 is 1.08 bits per heavy atom. The normalized spacial score (nSPS) is 10.1. The molecule has 126 valence electrons. The van der Waals surface area contributed by atoms with Gasteiger partial charge in [0, 0.05) is 17.8 Å². The molecule has 0 bridgehead atoms. The van der Waals surface area contributed by atoms with Crippen LogP contribution < -0.4 is 10.1 Å². The number of anilines is 1. The summed E-state index contributed by atoms with van der Waals surface area (Å²) in [6, 6.07) is 16.1. The number of ether oxygens (including phenoxy) is 1. The van der Waals surface area contributed by atoms with Crippen LogP contribution in [0.25, 0.3) is 0 Å². The molecule has 2 aromatic rings. The number of carbonyl (C=O) groups is 2. The van der Waals surface area contributed by atoms with Crippen molar-refractivity contribution in [3.05, 3.63) is 59.6 Å². The maximum absolute atomic E-state index is 12.0. The number of carbonyl (C=O) groups excluding carboxylic acids is 2. The Labute approximate surface area is 146 Å². The number of hydrogen-bond donors (Lipinski definition) is 1. The first kappa shape index (κ1) is 17.8. The Bertz CT molecular complexity index is 674. The van der Waals surface area contributed by atoms with E-state index in [4.69, 9.17) is 16.3 Å². The average molecular weight is 347 g/mol. The predicted molar refractivity (Wildman–Crippen MR) is 94.3 cm³/mol. The molecule has 5 nitrogen and oxygen atoms in total. The lowest BCUT2D eigenvalue weighted by Gasteiger charge is -2.17. The summed E-state index contributed by atoms with van der Waals surface area (Å²) in [4.78, 5) is 25.3. The number of amides is 2. The summed E-state index contributed by atoms with van der Waals surface area (Å²) in [5, 5.41) is 3.31. The monoisotopic (exact) mass is 346 g/mol. The van der Waals surface area contributed by atoms with Gasteiger partial charge in [-0.05, 0) is 36.4 Å². The van der Waals surface area contributed by atoms with Crippen LogP contribution in [-0.2, 0) is 9.59 Å². The van der Waals surface area contributed by atoms with E-state index in [1.807, 2.05) is 30.3 Å². The molecule has 0 heterocycles. The minimum absolute atomic E-state index is 0.0210. The highest BCUT2D eigenvalue weighted by molar-refractivity contribution is 6.30. The largest absolute Gasteiger partial charge is 0.493 e. The van der Waals surface area contributed by atoms with Gasteiger partial charge in [0.25, 0.3) is 0 Å². The fourth-order valence-corrected chi connectivity index (χ4v) is 2.13. The van der Waals surface area contributed by atoms with Crippen LogP contribution in [0.2, 0.25) is 5.02 Å². The van der Waals surface area contributed by atoms with Crippen molar-refractivity contribution in [1.29, 1.82) is 0 Å². The van der Waals surface area contributed by atoms with Crippen molar-refractivity contribution < 1.29 is 14.3 Å². The number of likely N-dealkylation sites (N-methyl/N-ethyl adjacent to an activating group) is 1. The van der Waals surface area contributed by atoms with Gasteiger partial charge in [0.1, 0.15) is 5.75 Å². The number of hydrogen-bond acceptors (Lipinski definition) is 3. The molecule has 6 heteroatoms. The number of nitrogens with zero attached hydrogens (tertiary/aromatic N) is 1. The Kier molecular flexibility index (Phi) is 6.63. The van der Waals surface area contributed by atoms with E-state index in [1.165, 1.54) is 4.90 Å². The molecule has 24 heavy (non-hydrogen) atoms. The van der Waals surface area contributed by atoms with Crippen LogP contribution in [0.3, 0.4) is 0 Å². The third-order valence-corrected chi connectivity index (χ3v) is 3.51. The predicted octanol–water partition coefficient (Wildman–Crippen LogP) is 3.21. The van der Waals surface area contributed by atoms with Crippen LogP contribution in [0, 0.1) is 0 Å². The third-order valence-electron chi connectivity index (χ3n) is 3.26. The lowest BCUT2D eigenvalue weighted by atomic mass is 10.3. The van der Waals surface area contributed by atoms with E-state index < -0.39 is 0 Å². The van der Waals surface area contributed by atoms with Crippen molar-refractivity contribution in [2.24, 2.45) is 0 Å². The van der Waals surface area contributed by atoms with Gasteiger partial charge in [-0.3, -0.25) is 9.59 Å². The number of nitrogens with one attached hydrogen (secondary N) is 1. The molecular formula is C18H19ClN2O3. The zero-order chi connectivity index (χ0) is 17.4. The third kappa shape index (κ3) is 5.93. The first-order valence-electron chi connectivity index (χ1n) is 7.52. The summed E-state index contributed by atoms with van der Waals surface area (Å²) in [7, 11) is 1.59. The van der Waals surface area contributed by atoms with E-state index in [1.54, 1.807) is 31.3 Å². The highest BCUT2D eigenvalue weighted by Gasteiger charge is 2.13. The average Bonchev–Trinajstić information content (AvgIpc) is 2.57. The van der Waals surface area contributed by atoms with Crippen molar-refractivity contribution in [3.8, 4) is 5.75 Å². The van der Waals surface area contributed by atoms with Gasteiger partial charge in [-0.25, -0.2) is 0 Å². The van der Waals surface area contributed by atoms with Crippen LogP contribution >= 0.6 is 11.6 Å². The van der Waals surface area contributed by atoms with Gasteiger partial charge in [0.2, 0.25) is 11.8 Å². The lowest BCUT2D eigenvalue weighted by Crippen LogP contribution is -2.35. The summed E-state index contributed by atoms with van der Waals surface area (Å²) in [6.45, 7) is 0.249. The smallest absolute Gasteiger partial charge is 0.243 e. The van der Waals surface area contributed by atoms with E-state index in [9.17, 15) is 9.59 Å². The molecule has 0 fully saturated rings. The van der Waals surface area contributed by atoms with Crippen LogP contribution in [0.1, 0.15) is 6.42 Å². The molecule has 0 spiro atoms. The molecule has 0 aliphatic rings. The van der Waals surface area contributed by atoms with Gasteiger partial charge in [0.05, 0.1) is 19.6 Å². The topological polar surface area (TPSA) is 58.6 Å². The summed E-state index contributed by atoms with van der Waals surface area (Å²) >= 11 is 5.79. The van der Waals surface area contributed by atoms with Crippen LogP contribution in [0.5, 0.6) is 5.75 Å². The van der Waals surface area contributed by atoms with Gasteiger partial charge >= 0.3 is 0 Å². The maximum atomic E-state index is 12.0. The fourth-order valence-electron chi connectivity index (χ4n) is 2.00. The summed E-state index contributed by atoms with van der Waals surface area (Å²) in [5.41, 5.74) is 0.637. The van der Waals surface area contributed by atoms with Gasteiger partial charge < -0.3 is 15.0 Å². The molecule has 2 rings (SSSR count). The maximum Gasteiger partial charge on any atom is 0.243 e. The molecule has 0 aliphatic carbocycles. The second-order valence-corrected chi connectivity index (χ2v) is 5.65. The Hall–Kier alpha value is -2.53.